The predicted molar refractivity (Wildman–Crippen MR) is 123 cm³/mol. The SMILES string of the molecule is COc1ccc(-c2c(C)nn(C)c2NC(=O)C2(c3ccccc3)CCN(C)CC2)cc1. The monoisotopic (exact) mass is 418 g/mol. The zero-order chi connectivity index (χ0) is 22.0. The van der Waals surface area contributed by atoms with Crippen molar-refractivity contribution in [3.63, 3.8) is 0 Å². The highest BCUT2D eigenvalue weighted by Gasteiger charge is 2.42. The first kappa shape index (κ1) is 21.1. The zero-order valence-electron chi connectivity index (χ0n) is 18.7. The molecule has 2 heterocycles. The zero-order valence-corrected chi connectivity index (χ0v) is 18.7. The highest BCUT2D eigenvalue weighted by atomic mass is 16.5. The van der Waals surface area contributed by atoms with Gasteiger partial charge in [-0.15, -0.1) is 0 Å². The molecular formula is C25H30N4O2. The molecule has 1 N–H and O–H groups in total. The molecule has 0 saturated carbocycles. The molecule has 1 aromatic heterocycles. The average molecular weight is 419 g/mol. The normalized spacial score (nSPS) is 16.1. The lowest BCUT2D eigenvalue weighted by molar-refractivity contribution is -0.123. The van der Waals surface area contributed by atoms with Gasteiger partial charge in [0.05, 0.1) is 18.2 Å². The summed E-state index contributed by atoms with van der Waals surface area (Å²) in [4.78, 5) is 16.1. The van der Waals surface area contributed by atoms with Gasteiger partial charge in [-0.05, 0) is 63.2 Å². The molecule has 0 unspecified atom stereocenters. The van der Waals surface area contributed by atoms with E-state index in [4.69, 9.17) is 4.74 Å². The average Bonchev–Trinajstić information content (AvgIpc) is 3.07. The fraction of sp³-hybridized carbons (Fsp3) is 0.360. The number of likely N-dealkylation sites (tertiary alicyclic amines) is 1. The van der Waals surface area contributed by atoms with Crippen molar-refractivity contribution < 1.29 is 9.53 Å². The molecule has 1 aliphatic rings. The molecule has 4 rings (SSSR count). The molecule has 1 fully saturated rings. The lowest BCUT2D eigenvalue weighted by Gasteiger charge is -2.39. The van der Waals surface area contributed by atoms with Gasteiger partial charge in [0.15, 0.2) is 0 Å². The number of rotatable bonds is 5. The van der Waals surface area contributed by atoms with Gasteiger partial charge in [0.25, 0.3) is 0 Å². The minimum absolute atomic E-state index is 0.0320. The van der Waals surface area contributed by atoms with Crippen molar-refractivity contribution in [2.75, 3.05) is 32.6 Å². The molecule has 1 aliphatic heterocycles. The topological polar surface area (TPSA) is 59.4 Å². The molecule has 2 aromatic carbocycles. The minimum atomic E-state index is -0.552. The first-order valence-electron chi connectivity index (χ1n) is 10.7. The van der Waals surface area contributed by atoms with Crippen molar-refractivity contribution in [1.82, 2.24) is 14.7 Å². The number of nitrogens with zero attached hydrogens (tertiary/aromatic N) is 3. The van der Waals surface area contributed by atoms with E-state index in [0.29, 0.717) is 0 Å². The Morgan fingerprint density at radius 1 is 1.03 bits per heavy atom. The Balaban J connectivity index is 1.71. The van der Waals surface area contributed by atoms with Crippen LogP contribution in [0.2, 0.25) is 0 Å². The van der Waals surface area contributed by atoms with Crippen molar-refractivity contribution in [1.29, 1.82) is 0 Å². The summed E-state index contributed by atoms with van der Waals surface area (Å²) in [6, 6.07) is 18.0. The molecule has 31 heavy (non-hydrogen) atoms. The highest BCUT2D eigenvalue weighted by molar-refractivity contribution is 6.01. The maximum absolute atomic E-state index is 13.9. The van der Waals surface area contributed by atoms with Gasteiger partial charge < -0.3 is 15.0 Å². The van der Waals surface area contributed by atoms with Crippen LogP contribution in [0.25, 0.3) is 11.1 Å². The second kappa shape index (κ2) is 8.55. The molecule has 0 aliphatic carbocycles. The second-order valence-electron chi connectivity index (χ2n) is 8.37. The summed E-state index contributed by atoms with van der Waals surface area (Å²) in [7, 11) is 5.64. The van der Waals surface area contributed by atoms with Crippen molar-refractivity contribution in [3.8, 4) is 16.9 Å². The summed E-state index contributed by atoms with van der Waals surface area (Å²) in [5.41, 5.74) is 3.34. The Kier molecular flexibility index (Phi) is 5.83. The van der Waals surface area contributed by atoms with Crippen LogP contribution in [0.3, 0.4) is 0 Å². The molecule has 3 aromatic rings. The second-order valence-corrected chi connectivity index (χ2v) is 8.37. The number of piperidine rings is 1. The van der Waals surface area contributed by atoms with Crippen molar-refractivity contribution in [2.45, 2.75) is 25.2 Å². The number of hydrogen-bond donors (Lipinski definition) is 1. The van der Waals surface area contributed by atoms with Gasteiger partial charge in [0, 0.05) is 12.6 Å². The Labute approximate surface area is 183 Å². The Morgan fingerprint density at radius 2 is 1.68 bits per heavy atom. The van der Waals surface area contributed by atoms with E-state index in [1.54, 1.807) is 11.8 Å². The van der Waals surface area contributed by atoms with Crippen LogP contribution < -0.4 is 10.1 Å². The summed E-state index contributed by atoms with van der Waals surface area (Å²) >= 11 is 0. The first-order chi connectivity index (χ1) is 14.9. The van der Waals surface area contributed by atoms with Gasteiger partial charge in [0.1, 0.15) is 11.6 Å². The third kappa shape index (κ3) is 3.95. The molecule has 1 amide bonds. The van der Waals surface area contributed by atoms with Gasteiger partial charge in [-0.3, -0.25) is 9.48 Å². The number of aromatic nitrogens is 2. The van der Waals surface area contributed by atoms with Crippen LogP contribution in [-0.4, -0.2) is 47.8 Å². The number of aryl methyl sites for hydroxylation is 2. The predicted octanol–water partition coefficient (Wildman–Crippen LogP) is 4.01. The van der Waals surface area contributed by atoms with Gasteiger partial charge in [-0.2, -0.15) is 5.10 Å². The van der Waals surface area contributed by atoms with Gasteiger partial charge in [-0.1, -0.05) is 42.5 Å². The summed E-state index contributed by atoms with van der Waals surface area (Å²) in [5.74, 6) is 1.55. The number of amides is 1. The Hall–Kier alpha value is -3.12. The molecule has 0 spiro atoms. The third-order valence-corrected chi connectivity index (χ3v) is 6.43. The Morgan fingerprint density at radius 3 is 2.29 bits per heavy atom. The van der Waals surface area contributed by atoms with Crippen LogP contribution in [0.1, 0.15) is 24.1 Å². The van der Waals surface area contributed by atoms with Crippen LogP contribution >= 0.6 is 0 Å². The van der Waals surface area contributed by atoms with Gasteiger partial charge in [0.2, 0.25) is 5.91 Å². The van der Waals surface area contributed by atoms with Crippen molar-refractivity contribution >= 4 is 11.7 Å². The van der Waals surface area contributed by atoms with E-state index < -0.39 is 5.41 Å². The molecule has 6 nitrogen and oxygen atoms in total. The van der Waals surface area contributed by atoms with E-state index in [0.717, 1.165) is 59.9 Å². The minimum Gasteiger partial charge on any atom is -0.497 e. The number of anilines is 1. The number of carbonyl (C=O) groups excluding carboxylic acids is 1. The molecule has 162 valence electrons. The molecule has 1 saturated heterocycles. The summed E-state index contributed by atoms with van der Waals surface area (Å²) in [5, 5.41) is 7.86. The smallest absolute Gasteiger partial charge is 0.236 e. The quantitative estimate of drug-likeness (QED) is 0.680. The standard InChI is InChI=1S/C25H30N4O2/c1-18-22(19-10-12-21(31-4)13-11-19)23(29(3)27-18)26-24(30)25(14-16-28(2)17-15-25)20-8-6-5-7-9-20/h5-13H,14-17H2,1-4H3,(H,26,30). The van der Waals surface area contributed by atoms with E-state index >= 15 is 0 Å². The maximum Gasteiger partial charge on any atom is 0.236 e. The number of ether oxygens (including phenoxy) is 1. The fourth-order valence-electron chi connectivity index (χ4n) is 4.54. The van der Waals surface area contributed by atoms with Gasteiger partial charge >= 0.3 is 0 Å². The summed E-state index contributed by atoms with van der Waals surface area (Å²) < 4.78 is 7.06. The third-order valence-electron chi connectivity index (χ3n) is 6.43. The lowest BCUT2D eigenvalue weighted by atomic mass is 9.72. The van der Waals surface area contributed by atoms with Crippen LogP contribution in [0, 0.1) is 6.92 Å². The van der Waals surface area contributed by atoms with E-state index in [2.05, 4.69) is 34.5 Å². The Bertz CT molecular complexity index is 1050. The number of hydrogen-bond acceptors (Lipinski definition) is 4. The largest absolute Gasteiger partial charge is 0.497 e. The number of carbonyl (C=O) groups is 1. The van der Waals surface area contributed by atoms with Crippen molar-refractivity contribution in [2.24, 2.45) is 7.05 Å². The maximum atomic E-state index is 13.9. The van der Waals surface area contributed by atoms with Crippen LogP contribution in [0.5, 0.6) is 5.75 Å². The van der Waals surface area contributed by atoms with Crippen LogP contribution in [-0.2, 0) is 17.3 Å². The first-order valence-corrected chi connectivity index (χ1v) is 10.7. The number of methoxy groups -OCH3 is 1. The summed E-state index contributed by atoms with van der Waals surface area (Å²) in [6.07, 6.45) is 1.57. The summed E-state index contributed by atoms with van der Waals surface area (Å²) in [6.45, 7) is 3.74. The van der Waals surface area contributed by atoms with E-state index in [9.17, 15) is 4.79 Å². The fourth-order valence-corrected chi connectivity index (χ4v) is 4.54. The van der Waals surface area contributed by atoms with E-state index in [1.165, 1.54) is 0 Å². The molecule has 6 heteroatoms. The highest BCUT2D eigenvalue weighted by Crippen LogP contribution is 2.38. The lowest BCUT2D eigenvalue weighted by Crippen LogP contribution is -2.48. The van der Waals surface area contributed by atoms with E-state index in [-0.39, 0.29) is 5.91 Å². The molecule has 0 radical (unpaired) electrons. The molecule has 0 atom stereocenters. The number of benzene rings is 2. The molecular weight excluding hydrogens is 388 g/mol. The number of nitrogens with one attached hydrogen (secondary N) is 1. The van der Waals surface area contributed by atoms with E-state index in [1.807, 2.05) is 56.4 Å². The molecule has 0 bridgehead atoms. The van der Waals surface area contributed by atoms with Gasteiger partial charge in [-0.25, -0.2) is 0 Å². The van der Waals surface area contributed by atoms with Crippen LogP contribution in [0.4, 0.5) is 5.82 Å². The van der Waals surface area contributed by atoms with Crippen molar-refractivity contribution in [3.05, 3.63) is 65.9 Å². The van der Waals surface area contributed by atoms with Crippen LogP contribution in [0.15, 0.2) is 54.6 Å².